The molecule has 0 fully saturated rings. The number of ether oxygens (including phenoxy) is 1. The summed E-state index contributed by atoms with van der Waals surface area (Å²) < 4.78 is 31.0. The lowest BCUT2D eigenvalue weighted by Crippen LogP contribution is -2.04. The van der Waals surface area contributed by atoms with Crippen LogP contribution in [0.25, 0.3) is 0 Å². The van der Waals surface area contributed by atoms with Crippen molar-refractivity contribution in [2.24, 2.45) is 5.92 Å². The van der Waals surface area contributed by atoms with Gasteiger partial charge in [-0.15, -0.1) is 0 Å². The molecule has 0 atom stereocenters. The Morgan fingerprint density at radius 2 is 1.79 bits per heavy atom. The summed E-state index contributed by atoms with van der Waals surface area (Å²) in [5, 5.41) is 0. The van der Waals surface area contributed by atoms with Crippen LogP contribution in [0.2, 0.25) is 0 Å². The molecule has 0 heterocycles. The molecule has 1 aromatic rings. The summed E-state index contributed by atoms with van der Waals surface area (Å²) in [4.78, 5) is 0. The minimum atomic E-state index is -0.645. The van der Waals surface area contributed by atoms with E-state index in [4.69, 9.17) is 4.74 Å². The molecule has 0 saturated carbocycles. The molecule has 0 spiro atoms. The molecule has 0 bridgehead atoms. The largest absolute Gasteiger partial charge is 0.488 e. The van der Waals surface area contributed by atoms with Crippen molar-refractivity contribution in [2.45, 2.75) is 20.3 Å². The fourth-order valence-electron chi connectivity index (χ4n) is 1.02. The summed E-state index contributed by atoms with van der Waals surface area (Å²) in [7, 11) is 0. The third kappa shape index (κ3) is 2.98. The molecule has 0 unspecified atom stereocenters. The average Bonchev–Trinajstić information content (AvgIpc) is 2.09. The van der Waals surface area contributed by atoms with Gasteiger partial charge in [0.1, 0.15) is 0 Å². The van der Waals surface area contributed by atoms with Crippen molar-refractivity contribution >= 4 is 0 Å². The van der Waals surface area contributed by atoms with Gasteiger partial charge in [-0.3, -0.25) is 0 Å². The van der Waals surface area contributed by atoms with E-state index in [2.05, 4.69) is 0 Å². The average molecular weight is 200 g/mol. The first kappa shape index (κ1) is 11.0. The van der Waals surface area contributed by atoms with Crippen LogP contribution in [-0.4, -0.2) is 6.61 Å². The molecule has 78 valence electrons. The zero-order valence-corrected chi connectivity index (χ0v) is 8.39. The fraction of sp³-hybridized carbons (Fsp3) is 0.455. The Labute approximate surface area is 82.7 Å². The molecule has 0 aliphatic carbocycles. The highest BCUT2D eigenvalue weighted by Crippen LogP contribution is 2.21. The lowest BCUT2D eigenvalue weighted by atomic mass is 10.1. The first-order chi connectivity index (χ1) is 6.61. The summed E-state index contributed by atoms with van der Waals surface area (Å²) in [5.74, 6) is -1.10. The maximum absolute atomic E-state index is 13.0. The van der Waals surface area contributed by atoms with Crippen LogP contribution in [0.15, 0.2) is 18.2 Å². The van der Waals surface area contributed by atoms with E-state index in [0.29, 0.717) is 12.5 Å². The lowest BCUT2D eigenvalue weighted by Gasteiger charge is -2.09. The zero-order chi connectivity index (χ0) is 10.6. The second-order valence-electron chi connectivity index (χ2n) is 3.58. The van der Waals surface area contributed by atoms with Crippen molar-refractivity contribution in [1.29, 1.82) is 0 Å². The molecule has 0 radical (unpaired) electrons. The van der Waals surface area contributed by atoms with E-state index in [9.17, 15) is 8.78 Å². The Bertz CT molecular complexity index is 277. The van der Waals surface area contributed by atoms with Gasteiger partial charge in [0, 0.05) is 0 Å². The molecule has 14 heavy (non-hydrogen) atoms. The summed E-state index contributed by atoms with van der Waals surface area (Å²) in [6, 6.07) is 3.70. The summed E-state index contributed by atoms with van der Waals surface area (Å²) in [6.07, 6.45) is 0.785. The van der Waals surface area contributed by atoms with Crippen molar-refractivity contribution in [1.82, 2.24) is 0 Å². The monoisotopic (exact) mass is 200 g/mol. The zero-order valence-electron chi connectivity index (χ0n) is 8.39. The molecule has 0 aliphatic heterocycles. The van der Waals surface area contributed by atoms with E-state index in [-0.39, 0.29) is 5.75 Å². The highest BCUT2D eigenvalue weighted by Gasteiger charge is 2.09. The van der Waals surface area contributed by atoms with Gasteiger partial charge in [-0.1, -0.05) is 19.9 Å². The highest BCUT2D eigenvalue weighted by atomic mass is 19.1. The number of hydrogen-bond donors (Lipinski definition) is 0. The normalized spacial score (nSPS) is 10.6. The van der Waals surface area contributed by atoms with Gasteiger partial charge in [0.25, 0.3) is 0 Å². The van der Waals surface area contributed by atoms with Crippen molar-refractivity contribution in [3.8, 4) is 5.75 Å². The Morgan fingerprint density at radius 1 is 1.21 bits per heavy atom. The van der Waals surface area contributed by atoms with Crippen LogP contribution in [0, 0.1) is 17.6 Å². The minimum absolute atomic E-state index is 0.270. The number of halogens is 2. The topological polar surface area (TPSA) is 9.23 Å². The van der Waals surface area contributed by atoms with Gasteiger partial charge in [-0.25, -0.2) is 8.78 Å². The Kier molecular flexibility index (Phi) is 3.86. The molecule has 0 saturated heterocycles. The molecule has 0 aliphatic rings. The third-order valence-electron chi connectivity index (χ3n) is 1.86. The summed E-state index contributed by atoms with van der Waals surface area (Å²) in [6.45, 7) is 4.40. The van der Waals surface area contributed by atoms with Crippen molar-refractivity contribution in [3.05, 3.63) is 29.8 Å². The van der Waals surface area contributed by atoms with E-state index in [1.807, 2.05) is 13.8 Å². The Balaban J connectivity index is 2.58. The number of hydrogen-bond acceptors (Lipinski definition) is 1. The van der Waals surface area contributed by atoms with Gasteiger partial charge in [-0.2, -0.15) is 0 Å². The van der Waals surface area contributed by atoms with E-state index in [1.165, 1.54) is 18.2 Å². The second kappa shape index (κ2) is 4.94. The van der Waals surface area contributed by atoms with Gasteiger partial charge >= 0.3 is 0 Å². The Hall–Kier alpha value is -1.12. The molecular weight excluding hydrogens is 186 g/mol. The molecule has 1 aromatic carbocycles. The van der Waals surface area contributed by atoms with Crippen molar-refractivity contribution in [3.63, 3.8) is 0 Å². The molecule has 0 N–H and O–H groups in total. The highest BCUT2D eigenvalue weighted by molar-refractivity contribution is 5.25. The number of benzene rings is 1. The van der Waals surface area contributed by atoms with Crippen LogP contribution < -0.4 is 4.74 Å². The molecular formula is C11H14F2O. The summed E-state index contributed by atoms with van der Waals surface area (Å²) >= 11 is 0. The Morgan fingerprint density at radius 3 is 2.29 bits per heavy atom. The van der Waals surface area contributed by atoms with Crippen molar-refractivity contribution in [2.75, 3.05) is 6.61 Å². The molecule has 3 heteroatoms. The first-order valence-corrected chi connectivity index (χ1v) is 4.68. The van der Waals surface area contributed by atoms with Crippen LogP contribution in [-0.2, 0) is 0 Å². The number of rotatable bonds is 4. The smallest absolute Gasteiger partial charge is 0.190 e. The lowest BCUT2D eigenvalue weighted by molar-refractivity contribution is 0.263. The third-order valence-corrected chi connectivity index (χ3v) is 1.86. The van der Waals surface area contributed by atoms with Crippen LogP contribution in [0.4, 0.5) is 8.78 Å². The van der Waals surface area contributed by atoms with Crippen molar-refractivity contribution < 1.29 is 13.5 Å². The second-order valence-corrected chi connectivity index (χ2v) is 3.58. The maximum atomic E-state index is 13.0. The first-order valence-electron chi connectivity index (χ1n) is 4.68. The van der Waals surface area contributed by atoms with Gasteiger partial charge in [-0.05, 0) is 24.5 Å². The van der Waals surface area contributed by atoms with E-state index in [0.717, 1.165) is 6.42 Å². The van der Waals surface area contributed by atoms with Crippen LogP contribution >= 0.6 is 0 Å². The minimum Gasteiger partial charge on any atom is -0.488 e. The summed E-state index contributed by atoms with van der Waals surface area (Å²) in [5.41, 5.74) is 0. The molecule has 0 amide bonds. The van der Waals surface area contributed by atoms with E-state index < -0.39 is 11.6 Å². The SMILES string of the molecule is CC(C)CCOc1c(F)cccc1F. The predicted octanol–water partition coefficient (Wildman–Crippen LogP) is 3.39. The van der Waals surface area contributed by atoms with Gasteiger partial charge < -0.3 is 4.74 Å². The van der Waals surface area contributed by atoms with E-state index >= 15 is 0 Å². The molecule has 1 nitrogen and oxygen atoms in total. The van der Waals surface area contributed by atoms with Crippen LogP contribution in [0.3, 0.4) is 0 Å². The van der Waals surface area contributed by atoms with Gasteiger partial charge in [0.2, 0.25) is 0 Å². The van der Waals surface area contributed by atoms with Gasteiger partial charge in [0.05, 0.1) is 6.61 Å². The molecule has 1 rings (SSSR count). The fourth-order valence-corrected chi connectivity index (χ4v) is 1.02. The quantitative estimate of drug-likeness (QED) is 0.723. The number of para-hydroxylation sites is 1. The van der Waals surface area contributed by atoms with Gasteiger partial charge in [0.15, 0.2) is 17.4 Å². The standard InChI is InChI=1S/C11H14F2O/c1-8(2)6-7-14-11-9(12)4-3-5-10(11)13/h3-5,8H,6-7H2,1-2H3. The molecule has 0 aromatic heterocycles. The van der Waals surface area contributed by atoms with Crippen LogP contribution in [0.5, 0.6) is 5.75 Å². The van der Waals surface area contributed by atoms with E-state index in [1.54, 1.807) is 0 Å². The van der Waals surface area contributed by atoms with Crippen LogP contribution in [0.1, 0.15) is 20.3 Å². The maximum Gasteiger partial charge on any atom is 0.190 e. The predicted molar refractivity (Wildman–Crippen MR) is 51.3 cm³/mol.